The molecule has 1 aliphatic rings. The van der Waals surface area contributed by atoms with Gasteiger partial charge >= 0.3 is 0 Å². The molecule has 2 N–H and O–H groups in total. The van der Waals surface area contributed by atoms with E-state index in [0.29, 0.717) is 35.9 Å². The van der Waals surface area contributed by atoms with Crippen molar-refractivity contribution in [1.82, 2.24) is 10.5 Å². The Kier molecular flexibility index (Phi) is 7.41. The Labute approximate surface area is 202 Å². The molecule has 4 rings (SSSR count). The normalized spacial score (nSPS) is 15.1. The van der Waals surface area contributed by atoms with Crippen molar-refractivity contribution in [1.29, 1.82) is 0 Å². The van der Waals surface area contributed by atoms with Crippen molar-refractivity contribution < 1.29 is 28.4 Å². The largest absolute Gasteiger partial charge is 0.489 e. The number of anilines is 2. The van der Waals surface area contributed by atoms with Gasteiger partial charge in [-0.05, 0) is 23.8 Å². The molecule has 0 spiro atoms. The summed E-state index contributed by atoms with van der Waals surface area (Å²) in [4.78, 5) is 39.2. The fraction of sp³-hybridized carbons (Fsp3) is 0.280. The molecule has 0 unspecified atom stereocenters. The highest BCUT2D eigenvalue weighted by Crippen LogP contribution is 2.33. The minimum absolute atomic E-state index is 0.0593. The summed E-state index contributed by atoms with van der Waals surface area (Å²) < 4.78 is 16.0. The van der Waals surface area contributed by atoms with Gasteiger partial charge in [-0.15, -0.1) is 0 Å². The highest BCUT2D eigenvalue weighted by Gasteiger charge is 2.31. The number of amides is 3. The third kappa shape index (κ3) is 5.85. The molecular weight excluding hydrogens is 452 g/mol. The monoisotopic (exact) mass is 478 g/mol. The number of fused-ring (bicyclic) bond motifs is 1. The number of carbonyl (C=O) groups excluding carboxylic acids is 3. The first-order chi connectivity index (χ1) is 16.9. The number of nitrogens with one attached hydrogen (secondary N) is 2. The molecule has 1 aromatic heterocycles. The van der Waals surface area contributed by atoms with E-state index < -0.39 is 11.9 Å². The van der Waals surface area contributed by atoms with Crippen molar-refractivity contribution in [2.75, 3.05) is 37.6 Å². The molecular formula is C25H26N4O6. The average Bonchev–Trinajstić information content (AvgIpc) is 3.30. The zero-order valence-corrected chi connectivity index (χ0v) is 19.4. The van der Waals surface area contributed by atoms with E-state index in [9.17, 15) is 14.4 Å². The summed E-state index contributed by atoms with van der Waals surface area (Å²) >= 11 is 0. The zero-order valence-electron chi connectivity index (χ0n) is 19.4. The second kappa shape index (κ2) is 10.8. The molecule has 1 aliphatic heterocycles. The van der Waals surface area contributed by atoms with Crippen LogP contribution in [-0.2, 0) is 20.7 Å². The van der Waals surface area contributed by atoms with Gasteiger partial charge in [-0.3, -0.25) is 14.4 Å². The lowest BCUT2D eigenvalue weighted by Crippen LogP contribution is -2.49. The smallest absolute Gasteiger partial charge is 0.274 e. The number of likely N-dealkylation sites (N-methyl/N-ethyl adjacent to an activating group) is 1. The minimum atomic E-state index is -0.936. The van der Waals surface area contributed by atoms with E-state index >= 15 is 0 Å². The van der Waals surface area contributed by atoms with E-state index in [4.69, 9.17) is 14.0 Å². The van der Waals surface area contributed by atoms with Crippen molar-refractivity contribution in [3.05, 3.63) is 71.6 Å². The van der Waals surface area contributed by atoms with Gasteiger partial charge < -0.3 is 29.5 Å². The predicted octanol–water partition coefficient (Wildman–Crippen LogP) is 2.39. The lowest BCUT2D eigenvalue weighted by Gasteiger charge is -2.20. The van der Waals surface area contributed by atoms with Gasteiger partial charge in [0.25, 0.3) is 11.8 Å². The molecule has 3 amide bonds. The SMILES string of the molecule is COCCC(=O)Nc1ccc2c(c1)N(C)C(=O)[C@@H](NC(=O)c1cc(Cc3ccccc3)on1)CO2. The minimum Gasteiger partial charge on any atom is -0.489 e. The third-order valence-corrected chi connectivity index (χ3v) is 5.49. The van der Waals surface area contributed by atoms with Crippen molar-refractivity contribution >= 4 is 29.1 Å². The van der Waals surface area contributed by atoms with Crippen LogP contribution in [0, 0.1) is 0 Å². The number of ether oxygens (including phenoxy) is 2. The van der Waals surface area contributed by atoms with Crippen LogP contribution >= 0.6 is 0 Å². The molecule has 0 saturated carbocycles. The van der Waals surface area contributed by atoms with E-state index in [1.54, 1.807) is 31.3 Å². The molecule has 35 heavy (non-hydrogen) atoms. The number of carbonyl (C=O) groups is 3. The lowest BCUT2D eigenvalue weighted by molar-refractivity contribution is -0.120. The molecule has 0 aliphatic carbocycles. The Morgan fingerprint density at radius 3 is 2.74 bits per heavy atom. The first-order valence-corrected chi connectivity index (χ1v) is 11.1. The molecule has 3 aromatic rings. The topological polar surface area (TPSA) is 123 Å². The summed E-state index contributed by atoms with van der Waals surface area (Å²) in [6.45, 7) is 0.245. The summed E-state index contributed by atoms with van der Waals surface area (Å²) in [5.41, 5.74) is 2.10. The van der Waals surface area contributed by atoms with Crippen molar-refractivity contribution in [3.63, 3.8) is 0 Å². The Morgan fingerprint density at radius 1 is 1.17 bits per heavy atom. The fourth-order valence-corrected chi connectivity index (χ4v) is 3.63. The van der Waals surface area contributed by atoms with Crippen molar-refractivity contribution in [2.24, 2.45) is 0 Å². The Balaban J connectivity index is 1.41. The summed E-state index contributed by atoms with van der Waals surface area (Å²) in [6, 6.07) is 15.3. The van der Waals surface area contributed by atoms with Gasteiger partial charge in [0.1, 0.15) is 24.2 Å². The van der Waals surface area contributed by atoms with Crippen molar-refractivity contribution in [3.8, 4) is 5.75 Å². The van der Waals surface area contributed by atoms with Crippen molar-refractivity contribution in [2.45, 2.75) is 18.9 Å². The maximum Gasteiger partial charge on any atom is 0.274 e. The number of rotatable bonds is 8. The van der Waals surface area contributed by atoms with Crippen LogP contribution in [0.5, 0.6) is 5.75 Å². The molecule has 10 nitrogen and oxygen atoms in total. The van der Waals surface area contributed by atoms with Crippen LogP contribution in [0.1, 0.15) is 28.2 Å². The fourth-order valence-electron chi connectivity index (χ4n) is 3.63. The third-order valence-electron chi connectivity index (χ3n) is 5.49. The van der Waals surface area contributed by atoms with E-state index in [0.717, 1.165) is 5.56 Å². The van der Waals surface area contributed by atoms with Crippen LogP contribution in [0.15, 0.2) is 59.1 Å². The van der Waals surface area contributed by atoms with Gasteiger partial charge in [0.2, 0.25) is 5.91 Å². The number of hydrogen-bond acceptors (Lipinski definition) is 7. The molecule has 0 radical (unpaired) electrons. The highest BCUT2D eigenvalue weighted by atomic mass is 16.5. The van der Waals surface area contributed by atoms with Crippen LogP contribution in [0.4, 0.5) is 11.4 Å². The second-order valence-electron chi connectivity index (χ2n) is 8.05. The van der Waals surface area contributed by atoms with Crippen LogP contribution < -0.4 is 20.3 Å². The zero-order chi connectivity index (χ0) is 24.8. The summed E-state index contributed by atoms with van der Waals surface area (Å²) in [5.74, 6) is -0.124. The van der Waals surface area contributed by atoms with Gasteiger partial charge in [0, 0.05) is 32.3 Å². The Bertz CT molecular complexity index is 1210. The van der Waals surface area contributed by atoms with Gasteiger partial charge in [0.05, 0.1) is 18.7 Å². The molecule has 1 atom stereocenters. The van der Waals surface area contributed by atoms with Crippen LogP contribution in [0.2, 0.25) is 0 Å². The summed E-state index contributed by atoms with van der Waals surface area (Å²) in [6.07, 6.45) is 0.705. The maximum absolute atomic E-state index is 13.1. The Morgan fingerprint density at radius 2 is 1.97 bits per heavy atom. The van der Waals surface area contributed by atoms with E-state index in [1.165, 1.54) is 12.0 Å². The standard InChI is InChI=1S/C25H26N4O6/c1-29-21-13-17(26-23(30)10-11-33-2)8-9-22(21)34-15-20(25(29)32)27-24(31)19-14-18(35-28-19)12-16-6-4-3-5-7-16/h3-9,13-14,20H,10-12,15H2,1-2H3,(H,26,30)(H,27,31)/t20-/m0/s1. The molecule has 0 bridgehead atoms. The molecule has 2 aromatic carbocycles. The molecule has 10 heteroatoms. The number of benzene rings is 2. The first-order valence-electron chi connectivity index (χ1n) is 11.1. The summed E-state index contributed by atoms with van der Waals surface area (Å²) in [7, 11) is 3.11. The predicted molar refractivity (Wildman–Crippen MR) is 127 cm³/mol. The number of aromatic nitrogens is 1. The highest BCUT2D eigenvalue weighted by molar-refractivity contribution is 6.03. The maximum atomic E-state index is 13.1. The lowest BCUT2D eigenvalue weighted by atomic mass is 10.1. The van der Waals surface area contributed by atoms with Gasteiger partial charge in [-0.2, -0.15) is 0 Å². The quantitative estimate of drug-likeness (QED) is 0.510. The average molecular weight is 479 g/mol. The van der Waals surface area contributed by atoms with Gasteiger partial charge in [-0.1, -0.05) is 35.5 Å². The summed E-state index contributed by atoms with van der Waals surface area (Å²) in [5, 5.41) is 9.29. The van der Waals surface area contributed by atoms with E-state index in [2.05, 4.69) is 15.8 Å². The molecule has 0 fully saturated rings. The van der Waals surface area contributed by atoms with E-state index in [1.807, 2.05) is 30.3 Å². The van der Waals surface area contributed by atoms with Crippen LogP contribution in [0.3, 0.4) is 0 Å². The molecule has 2 heterocycles. The van der Waals surface area contributed by atoms with Gasteiger partial charge in [0.15, 0.2) is 5.69 Å². The molecule has 0 saturated heterocycles. The van der Waals surface area contributed by atoms with Gasteiger partial charge in [-0.25, -0.2) is 0 Å². The van der Waals surface area contributed by atoms with E-state index in [-0.39, 0.29) is 30.5 Å². The Hall–Kier alpha value is -4.18. The van der Waals surface area contributed by atoms with Crippen LogP contribution in [0.25, 0.3) is 0 Å². The van der Waals surface area contributed by atoms with Crippen LogP contribution in [-0.4, -0.2) is 56.3 Å². The molecule has 182 valence electrons. The number of methoxy groups -OCH3 is 1. The first kappa shape index (κ1) is 24.0. The number of hydrogen-bond donors (Lipinski definition) is 2. The second-order valence-corrected chi connectivity index (χ2v) is 8.05. The number of nitrogens with zero attached hydrogens (tertiary/aromatic N) is 2.